The first-order valence-electron chi connectivity index (χ1n) is 12.7. The zero-order valence-corrected chi connectivity index (χ0v) is 25.6. The largest absolute Gasteiger partial charge is 0.310 e. The molecule has 4 aromatic rings. The average Bonchev–Trinajstić information content (AvgIpc) is 2.95. The summed E-state index contributed by atoms with van der Waals surface area (Å²) in [4.78, 5) is 2.23. The molecule has 0 spiro atoms. The lowest BCUT2D eigenvalue weighted by Gasteiger charge is -2.35. The van der Waals surface area contributed by atoms with Crippen molar-refractivity contribution in [2.24, 2.45) is 0 Å². The molecule has 38 heavy (non-hydrogen) atoms. The van der Waals surface area contributed by atoms with Crippen LogP contribution in [0.4, 0.5) is 25.8 Å². The van der Waals surface area contributed by atoms with Gasteiger partial charge in [0, 0.05) is 26.0 Å². The number of hydrogen-bond acceptors (Lipinski definition) is 1. The SMILES string of the molecule is Cc1cc(N(c2ccc(Br)cc2)c2ccc(Br)cc2)cc(C)c1-c1ccc2c(c1)C(C)(C)C(F)(F)C2(C)C. The zero-order chi connectivity index (χ0) is 27.6. The Kier molecular flexibility index (Phi) is 6.63. The van der Waals surface area contributed by atoms with Gasteiger partial charge in [0.1, 0.15) is 0 Å². The van der Waals surface area contributed by atoms with Crippen molar-refractivity contribution in [2.75, 3.05) is 4.90 Å². The van der Waals surface area contributed by atoms with Crippen LogP contribution in [0.5, 0.6) is 0 Å². The van der Waals surface area contributed by atoms with Crippen LogP contribution in [0.25, 0.3) is 11.1 Å². The van der Waals surface area contributed by atoms with Crippen molar-refractivity contribution in [3.63, 3.8) is 0 Å². The van der Waals surface area contributed by atoms with Gasteiger partial charge in [0.15, 0.2) is 0 Å². The normalized spacial score (nSPS) is 16.8. The molecule has 0 atom stereocenters. The number of rotatable bonds is 4. The Balaban J connectivity index is 1.64. The van der Waals surface area contributed by atoms with Crippen molar-refractivity contribution in [1.29, 1.82) is 0 Å². The van der Waals surface area contributed by atoms with Crippen LogP contribution in [-0.4, -0.2) is 5.92 Å². The Morgan fingerprint density at radius 1 is 0.579 bits per heavy atom. The van der Waals surface area contributed by atoms with E-state index in [1.54, 1.807) is 27.7 Å². The van der Waals surface area contributed by atoms with Gasteiger partial charge in [-0.15, -0.1) is 0 Å². The number of aryl methyl sites for hydroxylation is 2. The molecule has 0 saturated carbocycles. The Hall–Kier alpha value is -2.50. The molecule has 5 heteroatoms. The van der Waals surface area contributed by atoms with Gasteiger partial charge < -0.3 is 4.90 Å². The van der Waals surface area contributed by atoms with Crippen LogP contribution in [-0.2, 0) is 10.8 Å². The smallest absolute Gasteiger partial charge is 0.266 e. The minimum atomic E-state index is -2.84. The summed E-state index contributed by atoms with van der Waals surface area (Å²) >= 11 is 7.09. The first kappa shape index (κ1) is 27.1. The lowest BCUT2D eigenvalue weighted by Crippen LogP contribution is -2.46. The molecule has 196 valence electrons. The van der Waals surface area contributed by atoms with Crippen molar-refractivity contribution in [2.45, 2.75) is 58.3 Å². The molecule has 0 amide bonds. The average molecular weight is 639 g/mol. The van der Waals surface area contributed by atoms with E-state index < -0.39 is 16.8 Å². The van der Waals surface area contributed by atoms with Crippen LogP contribution in [0.3, 0.4) is 0 Å². The van der Waals surface area contributed by atoms with Gasteiger partial charge >= 0.3 is 0 Å². The van der Waals surface area contributed by atoms with E-state index in [4.69, 9.17) is 0 Å². The lowest BCUT2D eigenvalue weighted by molar-refractivity contribution is -0.105. The Morgan fingerprint density at radius 2 is 1.03 bits per heavy atom. The molecule has 0 aliphatic heterocycles. The van der Waals surface area contributed by atoms with Crippen molar-refractivity contribution in [3.8, 4) is 11.1 Å². The summed E-state index contributed by atoms with van der Waals surface area (Å²) in [6.07, 6.45) is 0. The van der Waals surface area contributed by atoms with Gasteiger partial charge in [0.2, 0.25) is 0 Å². The molecule has 0 N–H and O–H groups in total. The van der Waals surface area contributed by atoms with Gasteiger partial charge in [-0.25, -0.2) is 8.78 Å². The fraction of sp³-hybridized carbons (Fsp3) is 0.273. The highest BCUT2D eigenvalue weighted by molar-refractivity contribution is 9.10. The standard InChI is InChI=1S/C33H31Br2F2N/c1-20-17-27(38(25-12-8-23(34)9-13-25)26-14-10-24(35)11-15-26)18-21(2)30(20)22-7-16-28-29(19-22)32(5,6)33(36,37)31(28,3)4/h7-19H,1-6H3. The van der Waals surface area contributed by atoms with Gasteiger partial charge in [-0.1, -0.05) is 50.1 Å². The van der Waals surface area contributed by atoms with E-state index >= 15 is 8.78 Å². The summed E-state index contributed by atoms with van der Waals surface area (Å²) in [5.74, 6) is -2.84. The maximum atomic E-state index is 15.5. The molecule has 0 heterocycles. The highest BCUT2D eigenvalue weighted by Crippen LogP contribution is 2.60. The summed E-state index contributed by atoms with van der Waals surface area (Å²) in [5.41, 5.74) is 6.41. The van der Waals surface area contributed by atoms with Crippen molar-refractivity contribution in [3.05, 3.63) is 110 Å². The van der Waals surface area contributed by atoms with E-state index in [1.807, 2.05) is 42.5 Å². The first-order valence-corrected chi connectivity index (χ1v) is 14.3. The number of anilines is 3. The monoisotopic (exact) mass is 637 g/mol. The molecule has 1 nitrogen and oxygen atoms in total. The molecule has 0 fully saturated rings. The Labute approximate surface area is 241 Å². The maximum Gasteiger partial charge on any atom is 0.266 e. The fourth-order valence-corrected chi connectivity index (χ4v) is 6.56. The van der Waals surface area contributed by atoms with Crippen LogP contribution >= 0.6 is 31.9 Å². The fourth-order valence-electron chi connectivity index (χ4n) is 6.03. The number of halogens is 4. The topological polar surface area (TPSA) is 3.24 Å². The first-order chi connectivity index (χ1) is 17.8. The summed E-state index contributed by atoms with van der Waals surface area (Å²) in [6, 6.07) is 26.8. The molecule has 0 unspecified atom stereocenters. The zero-order valence-electron chi connectivity index (χ0n) is 22.5. The third-order valence-corrected chi connectivity index (χ3v) is 9.23. The molecule has 0 bridgehead atoms. The second-order valence-electron chi connectivity index (χ2n) is 11.3. The van der Waals surface area contributed by atoms with E-state index in [1.165, 1.54) is 0 Å². The Morgan fingerprint density at radius 3 is 1.50 bits per heavy atom. The quantitative estimate of drug-likeness (QED) is 0.215. The minimum absolute atomic E-state index is 0.735. The van der Waals surface area contributed by atoms with Gasteiger partial charge in [-0.05, 0) is 136 Å². The Bertz CT molecular complexity index is 1450. The van der Waals surface area contributed by atoms with E-state index in [0.717, 1.165) is 59.4 Å². The van der Waals surface area contributed by atoms with Crippen LogP contribution in [0.2, 0.25) is 0 Å². The molecule has 5 rings (SSSR count). The van der Waals surface area contributed by atoms with E-state index in [2.05, 4.69) is 87.0 Å². The minimum Gasteiger partial charge on any atom is -0.310 e. The van der Waals surface area contributed by atoms with E-state index in [-0.39, 0.29) is 0 Å². The van der Waals surface area contributed by atoms with E-state index in [9.17, 15) is 0 Å². The van der Waals surface area contributed by atoms with Crippen LogP contribution < -0.4 is 4.90 Å². The highest BCUT2D eigenvalue weighted by atomic mass is 79.9. The third-order valence-electron chi connectivity index (χ3n) is 8.17. The third kappa shape index (κ3) is 4.14. The summed E-state index contributed by atoms with van der Waals surface area (Å²) < 4.78 is 33.0. The van der Waals surface area contributed by atoms with Crippen LogP contribution in [0.1, 0.15) is 49.9 Å². The molecule has 0 radical (unpaired) electrons. The lowest BCUT2D eigenvalue weighted by atomic mass is 9.77. The van der Waals surface area contributed by atoms with Gasteiger partial charge in [-0.2, -0.15) is 0 Å². The van der Waals surface area contributed by atoms with Gasteiger partial charge in [0.25, 0.3) is 5.92 Å². The predicted molar refractivity (Wildman–Crippen MR) is 162 cm³/mol. The number of fused-ring (bicyclic) bond motifs is 1. The van der Waals surface area contributed by atoms with Crippen LogP contribution in [0, 0.1) is 13.8 Å². The molecular formula is C33H31Br2F2N. The molecule has 0 saturated heterocycles. The molecular weight excluding hydrogens is 608 g/mol. The van der Waals surface area contributed by atoms with E-state index in [0.29, 0.717) is 0 Å². The molecule has 1 aliphatic rings. The van der Waals surface area contributed by atoms with Crippen molar-refractivity contribution < 1.29 is 8.78 Å². The van der Waals surface area contributed by atoms with Gasteiger partial charge in [-0.3, -0.25) is 0 Å². The summed E-state index contributed by atoms with van der Waals surface area (Å²) in [5, 5.41) is 0. The predicted octanol–water partition coefficient (Wildman–Crippen LogP) is 11.2. The van der Waals surface area contributed by atoms with Gasteiger partial charge in [0.05, 0.1) is 10.8 Å². The number of benzene rings is 4. The van der Waals surface area contributed by atoms with Crippen molar-refractivity contribution in [1.82, 2.24) is 0 Å². The second kappa shape index (κ2) is 9.31. The highest BCUT2D eigenvalue weighted by Gasteiger charge is 2.65. The molecule has 0 aromatic heterocycles. The number of nitrogens with zero attached hydrogens (tertiary/aromatic N) is 1. The van der Waals surface area contributed by atoms with Crippen molar-refractivity contribution >= 4 is 48.9 Å². The molecule has 4 aromatic carbocycles. The summed E-state index contributed by atoms with van der Waals surface area (Å²) in [6.45, 7) is 10.9. The number of alkyl halides is 2. The summed E-state index contributed by atoms with van der Waals surface area (Å²) in [7, 11) is 0. The molecule has 1 aliphatic carbocycles. The number of hydrogen-bond donors (Lipinski definition) is 0. The second-order valence-corrected chi connectivity index (χ2v) is 13.2. The van der Waals surface area contributed by atoms with Crippen LogP contribution in [0.15, 0.2) is 87.8 Å². The maximum absolute atomic E-state index is 15.5.